The van der Waals surface area contributed by atoms with Crippen molar-refractivity contribution in [1.29, 1.82) is 0 Å². The van der Waals surface area contributed by atoms with Gasteiger partial charge in [-0.15, -0.1) is 0 Å². The highest BCUT2D eigenvalue weighted by atomic mass is 16.4. The van der Waals surface area contributed by atoms with Crippen LogP contribution in [0.4, 0.5) is 0 Å². The summed E-state index contributed by atoms with van der Waals surface area (Å²) in [5.41, 5.74) is 6.76. The number of amides is 1. The van der Waals surface area contributed by atoms with Gasteiger partial charge in [-0.3, -0.25) is 9.48 Å². The van der Waals surface area contributed by atoms with E-state index in [0.717, 1.165) is 18.5 Å². The van der Waals surface area contributed by atoms with E-state index < -0.39 is 0 Å². The number of amidine groups is 1. The van der Waals surface area contributed by atoms with E-state index >= 15 is 0 Å². The van der Waals surface area contributed by atoms with Crippen LogP contribution in [-0.4, -0.2) is 33.3 Å². The number of nitrogens with two attached hydrogens (primary N) is 1. The normalized spacial score (nSPS) is 11.6. The van der Waals surface area contributed by atoms with Gasteiger partial charge in [0.2, 0.25) is 0 Å². The third-order valence-corrected chi connectivity index (χ3v) is 2.75. The molecule has 1 amide bonds. The van der Waals surface area contributed by atoms with Crippen molar-refractivity contribution in [3.63, 3.8) is 0 Å². The van der Waals surface area contributed by atoms with Gasteiger partial charge >= 0.3 is 0 Å². The zero-order valence-electron chi connectivity index (χ0n) is 10.7. The molecule has 0 saturated heterocycles. The highest BCUT2D eigenvalue weighted by Gasteiger charge is 2.11. The molecule has 0 spiro atoms. The van der Waals surface area contributed by atoms with Crippen LogP contribution < -0.4 is 11.1 Å². The molecule has 0 fully saturated rings. The van der Waals surface area contributed by atoms with Crippen LogP contribution in [0.3, 0.4) is 0 Å². The van der Waals surface area contributed by atoms with Crippen LogP contribution in [0.15, 0.2) is 11.4 Å². The lowest BCUT2D eigenvalue weighted by molar-refractivity contribution is 0.0952. The molecular weight excluding hydrogens is 234 g/mol. The van der Waals surface area contributed by atoms with Crippen LogP contribution in [0.1, 0.15) is 35.3 Å². The van der Waals surface area contributed by atoms with Gasteiger partial charge in [0.25, 0.3) is 5.91 Å². The number of carbonyl (C=O) groups is 1. The van der Waals surface area contributed by atoms with Gasteiger partial charge in [0.15, 0.2) is 0 Å². The maximum atomic E-state index is 11.8. The number of aromatic nitrogens is 2. The Kier molecular flexibility index (Phi) is 5.16. The highest BCUT2D eigenvalue weighted by molar-refractivity contribution is 5.94. The third-order valence-electron chi connectivity index (χ3n) is 2.75. The quantitative estimate of drug-likeness (QED) is 0.224. The van der Waals surface area contributed by atoms with E-state index in [9.17, 15) is 4.79 Å². The van der Waals surface area contributed by atoms with Crippen LogP contribution >= 0.6 is 0 Å². The van der Waals surface area contributed by atoms with E-state index in [1.54, 1.807) is 17.9 Å². The molecule has 0 radical (unpaired) electrons. The Hall–Kier alpha value is -2.05. The minimum atomic E-state index is -0.121. The molecule has 0 aromatic carbocycles. The highest BCUT2D eigenvalue weighted by Crippen LogP contribution is 2.05. The first-order valence-electron chi connectivity index (χ1n) is 5.79. The number of aryl methyl sites for hydroxylation is 1. The van der Waals surface area contributed by atoms with Crippen LogP contribution in [0.25, 0.3) is 0 Å². The topological polar surface area (TPSA) is 106 Å². The first-order chi connectivity index (χ1) is 8.56. The van der Waals surface area contributed by atoms with Gasteiger partial charge in [-0.05, 0) is 19.8 Å². The van der Waals surface area contributed by atoms with E-state index in [4.69, 9.17) is 10.9 Å². The van der Waals surface area contributed by atoms with Crippen molar-refractivity contribution < 1.29 is 10.0 Å². The predicted molar refractivity (Wildman–Crippen MR) is 67.5 cm³/mol. The molecule has 100 valence electrons. The minimum Gasteiger partial charge on any atom is -0.409 e. The number of nitrogens with zero attached hydrogens (tertiary/aromatic N) is 3. The number of carbonyl (C=O) groups excluding carboxylic acids is 1. The van der Waals surface area contributed by atoms with Crippen molar-refractivity contribution >= 4 is 11.7 Å². The number of oxime groups is 1. The van der Waals surface area contributed by atoms with Crippen molar-refractivity contribution in [3.8, 4) is 0 Å². The molecule has 7 nitrogen and oxygen atoms in total. The average molecular weight is 253 g/mol. The molecule has 7 heteroatoms. The Morgan fingerprint density at radius 2 is 2.33 bits per heavy atom. The fourth-order valence-electron chi connectivity index (χ4n) is 1.50. The van der Waals surface area contributed by atoms with Gasteiger partial charge in [-0.2, -0.15) is 5.10 Å². The number of hydrogen-bond donors (Lipinski definition) is 3. The van der Waals surface area contributed by atoms with Crippen LogP contribution in [0.5, 0.6) is 0 Å². The largest absolute Gasteiger partial charge is 0.409 e. The van der Waals surface area contributed by atoms with E-state index in [2.05, 4.69) is 15.6 Å². The lowest BCUT2D eigenvalue weighted by Crippen LogP contribution is -2.25. The lowest BCUT2D eigenvalue weighted by Gasteiger charge is -2.04. The fourth-order valence-corrected chi connectivity index (χ4v) is 1.50. The van der Waals surface area contributed by atoms with Crippen LogP contribution in [0.2, 0.25) is 0 Å². The van der Waals surface area contributed by atoms with Crippen LogP contribution in [-0.2, 0) is 7.05 Å². The molecule has 0 atom stereocenters. The molecule has 0 bridgehead atoms. The predicted octanol–water partition coefficient (Wildman–Crippen LogP) is 0.375. The zero-order chi connectivity index (χ0) is 13.5. The monoisotopic (exact) mass is 253 g/mol. The summed E-state index contributed by atoms with van der Waals surface area (Å²) in [4.78, 5) is 11.8. The standard InChI is InChI=1S/C11H19N5O2/c1-8-9(7-14-16(8)2)11(17)13-6-4-3-5-10(12)15-18/h7,18H,3-6H2,1-2H3,(H2,12,15)(H,13,17). The smallest absolute Gasteiger partial charge is 0.254 e. The number of hydrogen-bond acceptors (Lipinski definition) is 4. The molecule has 1 aromatic heterocycles. The van der Waals surface area contributed by atoms with E-state index in [0.29, 0.717) is 18.5 Å². The minimum absolute atomic E-state index is 0.121. The second kappa shape index (κ2) is 6.63. The Morgan fingerprint density at radius 3 is 2.89 bits per heavy atom. The first kappa shape index (κ1) is 14.0. The summed E-state index contributed by atoms with van der Waals surface area (Å²) in [6.45, 7) is 2.41. The van der Waals surface area contributed by atoms with Crippen molar-refractivity contribution in [2.45, 2.75) is 26.2 Å². The molecule has 4 N–H and O–H groups in total. The average Bonchev–Trinajstić information content (AvgIpc) is 2.69. The van der Waals surface area contributed by atoms with Gasteiger partial charge in [-0.25, -0.2) is 0 Å². The summed E-state index contributed by atoms with van der Waals surface area (Å²) in [5, 5.41) is 18.0. The molecule has 1 heterocycles. The Bertz CT molecular complexity index is 439. The molecule has 18 heavy (non-hydrogen) atoms. The maximum absolute atomic E-state index is 11.8. The molecule has 1 rings (SSSR count). The zero-order valence-corrected chi connectivity index (χ0v) is 10.7. The van der Waals surface area contributed by atoms with Crippen molar-refractivity contribution in [3.05, 3.63) is 17.5 Å². The molecule has 0 aliphatic rings. The molecule has 0 aliphatic carbocycles. The van der Waals surface area contributed by atoms with Gasteiger partial charge in [-0.1, -0.05) is 5.16 Å². The summed E-state index contributed by atoms with van der Waals surface area (Å²) >= 11 is 0. The van der Waals surface area contributed by atoms with E-state index in [1.165, 1.54) is 0 Å². The Morgan fingerprint density at radius 1 is 1.61 bits per heavy atom. The fraction of sp³-hybridized carbons (Fsp3) is 0.545. The molecule has 0 saturated carbocycles. The summed E-state index contributed by atoms with van der Waals surface area (Å²) < 4.78 is 1.66. The Labute approximate surface area is 106 Å². The number of rotatable bonds is 6. The Balaban J connectivity index is 2.28. The second-order valence-corrected chi connectivity index (χ2v) is 4.07. The van der Waals surface area contributed by atoms with Gasteiger partial charge < -0.3 is 16.3 Å². The summed E-state index contributed by atoms with van der Waals surface area (Å²) in [7, 11) is 1.79. The maximum Gasteiger partial charge on any atom is 0.254 e. The molecule has 1 aromatic rings. The van der Waals surface area contributed by atoms with Gasteiger partial charge in [0.05, 0.1) is 11.8 Å². The van der Waals surface area contributed by atoms with Gasteiger partial charge in [0, 0.05) is 25.7 Å². The van der Waals surface area contributed by atoms with E-state index in [-0.39, 0.29) is 11.7 Å². The second-order valence-electron chi connectivity index (χ2n) is 4.07. The third kappa shape index (κ3) is 3.76. The first-order valence-corrected chi connectivity index (χ1v) is 5.79. The van der Waals surface area contributed by atoms with Crippen molar-refractivity contribution in [2.24, 2.45) is 17.9 Å². The summed E-state index contributed by atoms with van der Waals surface area (Å²) in [6, 6.07) is 0. The summed E-state index contributed by atoms with van der Waals surface area (Å²) in [5.74, 6) is 0.0915. The van der Waals surface area contributed by atoms with Crippen molar-refractivity contribution in [2.75, 3.05) is 6.54 Å². The van der Waals surface area contributed by atoms with E-state index in [1.807, 2.05) is 6.92 Å². The van der Waals surface area contributed by atoms with Gasteiger partial charge in [0.1, 0.15) is 5.84 Å². The molecular formula is C11H19N5O2. The van der Waals surface area contributed by atoms with Crippen LogP contribution in [0, 0.1) is 6.92 Å². The molecule has 0 unspecified atom stereocenters. The molecule has 0 aliphatic heterocycles. The lowest BCUT2D eigenvalue weighted by atomic mass is 10.2. The number of unbranched alkanes of at least 4 members (excludes halogenated alkanes) is 1. The SMILES string of the molecule is Cc1c(C(=O)NCCCCC(N)=NO)cnn1C. The van der Waals surface area contributed by atoms with Crippen molar-refractivity contribution in [1.82, 2.24) is 15.1 Å². The number of nitrogens with one attached hydrogen (secondary N) is 1. The summed E-state index contributed by atoms with van der Waals surface area (Å²) in [6.07, 6.45) is 3.63.